The van der Waals surface area contributed by atoms with Gasteiger partial charge in [0.1, 0.15) is 5.60 Å². The first-order valence-electron chi connectivity index (χ1n) is 13.2. The molecule has 1 fully saturated rings. The fraction of sp³-hybridized carbons (Fsp3) is 0.633. The Morgan fingerprint density at radius 1 is 0.906 bits per heavy atom. The van der Waals surface area contributed by atoms with Crippen molar-refractivity contribution in [2.75, 3.05) is 6.61 Å². The normalized spacial score (nSPS) is 29.7. The van der Waals surface area contributed by atoms with E-state index in [1.54, 1.807) is 0 Å². The molecule has 2 aliphatic rings. The van der Waals surface area contributed by atoms with E-state index < -0.39 is 0 Å². The van der Waals surface area contributed by atoms with Gasteiger partial charge in [-0.25, -0.2) is 0 Å². The van der Waals surface area contributed by atoms with Crippen molar-refractivity contribution in [3.8, 4) is 6.07 Å². The van der Waals surface area contributed by atoms with Crippen LogP contribution in [0.1, 0.15) is 102 Å². The minimum absolute atomic E-state index is 0.109. The molecule has 32 heavy (non-hydrogen) atoms. The molecule has 0 bridgehead atoms. The van der Waals surface area contributed by atoms with Gasteiger partial charge in [-0.15, -0.1) is 0 Å². The van der Waals surface area contributed by atoms with Crippen LogP contribution >= 0.6 is 0 Å². The van der Waals surface area contributed by atoms with E-state index in [1.807, 2.05) is 0 Å². The van der Waals surface area contributed by atoms with Gasteiger partial charge in [0.2, 0.25) is 0 Å². The Morgan fingerprint density at radius 3 is 2.19 bits per heavy atom. The average molecular weight is 434 g/mol. The lowest BCUT2D eigenvalue weighted by Gasteiger charge is -2.44. The lowest BCUT2D eigenvalue weighted by atomic mass is 9.64. The van der Waals surface area contributed by atoms with Gasteiger partial charge in [-0.2, -0.15) is 5.26 Å². The summed E-state index contributed by atoms with van der Waals surface area (Å²) in [5.74, 6) is 0.786. The topological polar surface area (TPSA) is 33.0 Å². The number of benzene rings is 1. The zero-order chi connectivity index (χ0) is 22.7. The fourth-order valence-electron chi connectivity index (χ4n) is 5.51. The summed E-state index contributed by atoms with van der Waals surface area (Å²) in [6, 6.07) is 13.5. The van der Waals surface area contributed by atoms with Crippen LogP contribution in [0.15, 0.2) is 54.6 Å². The second-order valence-corrected chi connectivity index (χ2v) is 10.0. The Bertz CT molecular complexity index is 750. The van der Waals surface area contributed by atoms with E-state index in [1.165, 1.54) is 37.7 Å². The summed E-state index contributed by atoms with van der Waals surface area (Å²) in [4.78, 5) is 0. The fourth-order valence-corrected chi connectivity index (χ4v) is 5.51. The molecule has 3 rings (SSSR count). The first-order chi connectivity index (χ1) is 15.7. The van der Waals surface area contributed by atoms with Crippen LogP contribution in [-0.2, 0) is 4.74 Å². The zero-order valence-electron chi connectivity index (χ0n) is 20.4. The van der Waals surface area contributed by atoms with Gasteiger partial charge < -0.3 is 4.74 Å². The van der Waals surface area contributed by atoms with Crippen molar-refractivity contribution in [3.05, 3.63) is 60.2 Å². The summed E-state index contributed by atoms with van der Waals surface area (Å²) < 4.78 is 6.61. The van der Waals surface area contributed by atoms with E-state index in [0.29, 0.717) is 11.8 Å². The van der Waals surface area contributed by atoms with Gasteiger partial charge in [0.15, 0.2) is 0 Å². The molecule has 2 heteroatoms. The first-order valence-corrected chi connectivity index (χ1v) is 13.2. The van der Waals surface area contributed by atoms with Gasteiger partial charge >= 0.3 is 0 Å². The molecule has 174 valence electrons. The molecule has 0 unspecified atom stereocenters. The Balaban J connectivity index is 1.65. The van der Waals surface area contributed by atoms with Crippen molar-refractivity contribution >= 4 is 0 Å². The standard InChI is InChI=1S/C30H43NO/c1-3-5-7-8-12-19-29(25-31)20-17-28(18-21-29)30(32-24-6-4-2)22-15-27(16-23-30)26-13-10-9-11-14-26/h9-11,13-16,22-23,27-28H,3-8,12,17-21,24H2,1-2H3. The average Bonchev–Trinajstić information content (AvgIpc) is 2.85. The molecule has 0 aromatic heterocycles. The molecule has 0 N–H and O–H groups in total. The van der Waals surface area contributed by atoms with Gasteiger partial charge in [0.25, 0.3) is 0 Å². The molecule has 0 amide bonds. The molecule has 1 saturated carbocycles. The van der Waals surface area contributed by atoms with Crippen molar-refractivity contribution in [3.63, 3.8) is 0 Å². The number of allylic oxidation sites excluding steroid dienone is 2. The highest BCUT2D eigenvalue weighted by Crippen LogP contribution is 2.48. The third-order valence-corrected chi connectivity index (χ3v) is 7.74. The SMILES string of the molecule is CCCCCCCC1(C#N)CCC(C2(OCCCC)C=CC(c3ccccc3)C=C2)CC1. The molecule has 1 aromatic carbocycles. The number of hydrogen-bond donors (Lipinski definition) is 0. The minimum atomic E-state index is -0.302. The highest BCUT2D eigenvalue weighted by Gasteiger charge is 2.43. The quantitative estimate of drug-likeness (QED) is 0.244. The Morgan fingerprint density at radius 2 is 1.56 bits per heavy atom. The van der Waals surface area contributed by atoms with Crippen LogP contribution in [0.2, 0.25) is 0 Å². The zero-order valence-corrected chi connectivity index (χ0v) is 20.4. The molecule has 0 radical (unpaired) electrons. The molecule has 2 nitrogen and oxygen atoms in total. The minimum Gasteiger partial charge on any atom is -0.367 e. The van der Waals surface area contributed by atoms with Crippen molar-refractivity contribution in [1.82, 2.24) is 0 Å². The second kappa shape index (κ2) is 12.4. The van der Waals surface area contributed by atoms with Crippen LogP contribution in [0.3, 0.4) is 0 Å². The van der Waals surface area contributed by atoms with E-state index in [4.69, 9.17) is 4.74 Å². The highest BCUT2D eigenvalue weighted by atomic mass is 16.5. The Kier molecular flexibility index (Phi) is 9.61. The maximum Gasteiger partial charge on any atom is 0.107 e. The smallest absolute Gasteiger partial charge is 0.107 e. The first kappa shape index (κ1) is 24.8. The molecule has 0 atom stereocenters. The van der Waals surface area contributed by atoms with Crippen molar-refractivity contribution in [2.24, 2.45) is 11.3 Å². The van der Waals surface area contributed by atoms with Gasteiger partial charge in [-0.05, 0) is 50.0 Å². The third kappa shape index (κ3) is 6.35. The van der Waals surface area contributed by atoms with Crippen molar-refractivity contribution < 1.29 is 4.74 Å². The van der Waals surface area contributed by atoms with E-state index in [-0.39, 0.29) is 11.0 Å². The lowest BCUT2D eigenvalue weighted by Crippen LogP contribution is -2.42. The summed E-state index contributed by atoms with van der Waals surface area (Å²) in [5.41, 5.74) is 0.919. The largest absolute Gasteiger partial charge is 0.367 e. The number of unbranched alkanes of at least 4 members (excludes halogenated alkanes) is 5. The molecule has 0 spiro atoms. The number of nitrogens with zero attached hydrogens (tertiary/aromatic N) is 1. The van der Waals surface area contributed by atoms with E-state index in [9.17, 15) is 5.26 Å². The molecule has 0 heterocycles. The molecular weight excluding hydrogens is 390 g/mol. The van der Waals surface area contributed by atoms with Gasteiger partial charge in [-0.1, -0.05) is 107 Å². The van der Waals surface area contributed by atoms with Crippen molar-refractivity contribution in [1.29, 1.82) is 5.26 Å². The number of hydrogen-bond acceptors (Lipinski definition) is 2. The van der Waals surface area contributed by atoms with E-state index in [2.05, 4.69) is 74.6 Å². The van der Waals surface area contributed by atoms with E-state index in [0.717, 1.165) is 51.6 Å². The van der Waals surface area contributed by atoms with Gasteiger partial charge in [0, 0.05) is 12.5 Å². The summed E-state index contributed by atoms with van der Waals surface area (Å²) in [7, 11) is 0. The van der Waals surface area contributed by atoms with Crippen LogP contribution < -0.4 is 0 Å². The number of rotatable bonds is 12. The Labute approximate surface area is 196 Å². The van der Waals surface area contributed by atoms with E-state index >= 15 is 0 Å². The summed E-state index contributed by atoms with van der Waals surface area (Å²) >= 11 is 0. The number of nitriles is 1. The monoisotopic (exact) mass is 433 g/mol. The Hall–Kier alpha value is -1.85. The summed E-state index contributed by atoms with van der Waals surface area (Å²) in [6.45, 7) is 5.28. The molecule has 0 saturated heterocycles. The number of ether oxygens (including phenoxy) is 1. The molecule has 2 aliphatic carbocycles. The molecular formula is C30H43NO. The highest BCUT2D eigenvalue weighted by molar-refractivity contribution is 5.36. The predicted molar refractivity (Wildman–Crippen MR) is 134 cm³/mol. The molecule has 0 aliphatic heterocycles. The third-order valence-electron chi connectivity index (χ3n) is 7.74. The van der Waals surface area contributed by atoms with Crippen LogP contribution in [0.5, 0.6) is 0 Å². The van der Waals surface area contributed by atoms with Crippen LogP contribution in [0.25, 0.3) is 0 Å². The van der Waals surface area contributed by atoms with Crippen LogP contribution in [0, 0.1) is 22.7 Å². The van der Waals surface area contributed by atoms with Crippen LogP contribution in [0.4, 0.5) is 0 Å². The van der Waals surface area contributed by atoms with Crippen molar-refractivity contribution in [2.45, 2.75) is 102 Å². The van der Waals surface area contributed by atoms with Gasteiger partial charge in [-0.3, -0.25) is 0 Å². The maximum atomic E-state index is 10.0. The summed E-state index contributed by atoms with van der Waals surface area (Å²) in [6.07, 6.45) is 23.3. The van der Waals surface area contributed by atoms with Crippen LogP contribution in [-0.4, -0.2) is 12.2 Å². The second-order valence-electron chi connectivity index (χ2n) is 10.0. The summed E-state index contributed by atoms with van der Waals surface area (Å²) in [5, 5.41) is 10.0. The predicted octanol–water partition coefficient (Wildman–Crippen LogP) is 8.51. The maximum absolute atomic E-state index is 10.0. The molecule has 1 aromatic rings. The lowest BCUT2D eigenvalue weighted by molar-refractivity contribution is -0.0379. The van der Waals surface area contributed by atoms with Gasteiger partial charge in [0.05, 0.1) is 11.5 Å².